The molecule has 2 rings (SSSR count). The van der Waals surface area contributed by atoms with Gasteiger partial charge in [0, 0.05) is 38.3 Å². The number of nitrogens with one attached hydrogen (secondary N) is 1. The molecule has 0 bridgehead atoms. The molecule has 0 amide bonds. The van der Waals surface area contributed by atoms with Crippen molar-refractivity contribution in [2.75, 3.05) is 33.3 Å². The first kappa shape index (κ1) is 18.3. The summed E-state index contributed by atoms with van der Waals surface area (Å²) < 4.78 is 4.58. The van der Waals surface area contributed by atoms with Crippen LogP contribution in [0, 0.1) is 10.1 Å². The standard InChI is InChI=1S/C14H19N3O4.ClH/c1-10(16-7-5-15-6-8-16)11-3-4-12(14(18)21-2)13(9-11)17(19)20;/h3-4,9-10,15H,5-8H2,1-2H3;1H. The van der Waals surface area contributed by atoms with E-state index in [4.69, 9.17) is 0 Å². The van der Waals surface area contributed by atoms with Gasteiger partial charge in [-0.25, -0.2) is 4.79 Å². The van der Waals surface area contributed by atoms with Gasteiger partial charge in [-0.05, 0) is 18.6 Å². The molecular formula is C14H20ClN3O4. The van der Waals surface area contributed by atoms with E-state index in [1.165, 1.54) is 19.2 Å². The Labute approximate surface area is 135 Å². The predicted octanol–water partition coefficient (Wildman–Crippen LogP) is 1.77. The van der Waals surface area contributed by atoms with Crippen LogP contribution in [0.5, 0.6) is 0 Å². The van der Waals surface area contributed by atoms with Gasteiger partial charge in [0.2, 0.25) is 0 Å². The maximum atomic E-state index is 11.6. The molecule has 122 valence electrons. The first-order valence-corrected chi connectivity index (χ1v) is 6.86. The number of halogens is 1. The first-order chi connectivity index (χ1) is 10.0. The molecule has 0 saturated carbocycles. The molecule has 1 aliphatic heterocycles. The summed E-state index contributed by atoms with van der Waals surface area (Å²) in [5.41, 5.74) is 0.608. The lowest BCUT2D eigenvalue weighted by Gasteiger charge is -2.33. The summed E-state index contributed by atoms with van der Waals surface area (Å²) >= 11 is 0. The fourth-order valence-electron chi connectivity index (χ4n) is 2.52. The van der Waals surface area contributed by atoms with Crippen LogP contribution >= 0.6 is 12.4 Å². The van der Waals surface area contributed by atoms with E-state index in [-0.39, 0.29) is 29.7 Å². The third kappa shape index (κ3) is 3.94. The van der Waals surface area contributed by atoms with E-state index in [0.717, 1.165) is 31.7 Å². The van der Waals surface area contributed by atoms with Crippen molar-refractivity contribution in [3.63, 3.8) is 0 Å². The molecule has 1 aliphatic rings. The molecule has 8 heteroatoms. The van der Waals surface area contributed by atoms with E-state index >= 15 is 0 Å². The number of esters is 1. The minimum Gasteiger partial charge on any atom is -0.465 e. The van der Waals surface area contributed by atoms with Crippen LogP contribution in [0.1, 0.15) is 28.9 Å². The van der Waals surface area contributed by atoms with E-state index in [1.54, 1.807) is 6.07 Å². The van der Waals surface area contributed by atoms with Crippen LogP contribution in [0.3, 0.4) is 0 Å². The van der Waals surface area contributed by atoms with Crippen molar-refractivity contribution in [3.05, 3.63) is 39.4 Å². The van der Waals surface area contributed by atoms with Gasteiger partial charge in [0.05, 0.1) is 12.0 Å². The average molecular weight is 330 g/mol. The number of carbonyl (C=O) groups excluding carboxylic acids is 1. The van der Waals surface area contributed by atoms with Gasteiger partial charge in [-0.2, -0.15) is 0 Å². The highest BCUT2D eigenvalue weighted by Gasteiger charge is 2.25. The Bertz CT molecular complexity index is 547. The molecule has 1 aromatic carbocycles. The average Bonchev–Trinajstić information content (AvgIpc) is 2.53. The second-order valence-corrected chi connectivity index (χ2v) is 4.99. The zero-order valence-electron chi connectivity index (χ0n) is 12.6. The summed E-state index contributed by atoms with van der Waals surface area (Å²) in [7, 11) is 1.21. The Morgan fingerprint density at radius 2 is 2.05 bits per heavy atom. The number of carbonyl (C=O) groups is 1. The summed E-state index contributed by atoms with van der Waals surface area (Å²) in [6.45, 7) is 5.63. The molecule has 1 saturated heterocycles. The zero-order valence-corrected chi connectivity index (χ0v) is 13.4. The number of methoxy groups -OCH3 is 1. The normalized spacial score (nSPS) is 16.5. The summed E-state index contributed by atoms with van der Waals surface area (Å²) in [5, 5.41) is 14.4. The lowest BCUT2D eigenvalue weighted by molar-refractivity contribution is -0.385. The number of ether oxygens (including phenoxy) is 1. The Hall–Kier alpha value is -1.70. The van der Waals surface area contributed by atoms with Crippen LogP contribution in [0.4, 0.5) is 5.69 Å². The number of hydrogen-bond acceptors (Lipinski definition) is 6. The lowest BCUT2D eigenvalue weighted by Crippen LogP contribution is -2.44. The number of nitrogens with zero attached hydrogens (tertiary/aromatic N) is 2. The van der Waals surface area contributed by atoms with E-state index in [9.17, 15) is 14.9 Å². The molecule has 1 fully saturated rings. The van der Waals surface area contributed by atoms with E-state index < -0.39 is 10.9 Å². The van der Waals surface area contributed by atoms with E-state index in [2.05, 4.69) is 15.0 Å². The van der Waals surface area contributed by atoms with Gasteiger partial charge in [-0.1, -0.05) is 6.07 Å². The topological polar surface area (TPSA) is 84.7 Å². The molecule has 0 spiro atoms. The second kappa shape index (κ2) is 8.07. The lowest BCUT2D eigenvalue weighted by atomic mass is 10.0. The van der Waals surface area contributed by atoms with Gasteiger partial charge in [-0.15, -0.1) is 12.4 Å². The molecule has 1 N–H and O–H groups in total. The van der Waals surface area contributed by atoms with Crippen LogP contribution in [-0.2, 0) is 4.74 Å². The Balaban J connectivity index is 0.00000242. The predicted molar refractivity (Wildman–Crippen MR) is 84.5 cm³/mol. The molecular weight excluding hydrogens is 310 g/mol. The highest BCUT2D eigenvalue weighted by Crippen LogP contribution is 2.27. The van der Waals surface area contributed by atoms with Crippen molar-refractivity contribution in [1.29, 1.82) is 0 Å². The molecule has 0 radical (unpaired) electrons. The number of hydrogen-bond donors (Lipinski definition) is 1. The number of nitro groups is 1. The smallest absolute Gasteiger partial charge is 0.344 e. The second-order valence-electron chi connectivity index (χ2n) is 4.99. The monoisotopic (exact) mass is 329 g/mol. The van der Waals surface area contributed by atoms with Gasteiger partial charge in [-0.3, -0.25) is 15.0 Å². The third-order valence-electron chi connectivity index (χ3n) is 3.81. The minimum absolute atomic E-state index is 0. The summed E-state index contributed by atoms with van der Waals surface area (Å²) in [5.74, 6) is -0.692. The Morgan fingerprint density at radius 1 is 1.41 bits per heavy atom. The van der Waals surface area contributed by atoms with Gasteiger partial charge < -0.3 is 10.1 Å². The van der Waals surface area contributed by atoms with Crippen molar-refractivity contribution < 1.29 is 14.5 Å². The van der Waals surface area contributed by atoms with Crippen LogP contribution in [0.2, 0.25) is 0 Å². The summed E-state index contributed by atoms with van der Waals surface area (Å²) in [6.07, 6.45) is 0. The number of rotatable bonds is 4. The maximum absolute atomic E-state index is 11.6. The van der Waals surface area contributed by atoms with E-state index in [1.807, 2.05) is 6.92 Å². The van der Waals surface area contributed by atoms with Crippen molar-refractivity contribution in [3.8, 4) is 0 Å². The Morgan fingerprint density at radius 3 is 2.59 bits per heavy atom. The molecule has 7 nitrogen and oxygen atoms in total. The summed E-state index contributed by atoms with van der Waals surface area (Å²) in [4.78, 5) is 24.5. The molecule has 0 aromatic heterocycles. The molecule has 1 aromatic rings. The van der Waals surface area contributed by atoms with Gasteiger partial charge >= 0.3 is 5.97 Å². The van der Waals surface area contributed by atoms with Crippen LogP contribution in [-0.4, -0.2) is 49.1 Å². The number of benzene rings is 1. The van der Waals surface area contributed by atoms with E-state index in [0.29, 0.717) is 0 Å². The summed E-state index contributed by atoms with van der Waals surface area (Å²) in [6, 6.07) is 4.76. The van der Waals surface area contributed by atoms with Crippen molar-refractivity contribution >= 4 is 24.1 Å². The fourth-order valence-corrected chi connectivity index (χ4v) is 2.52. The molecule has 1 atom stereocenters. The highest BCUT2D eigenvalue weighted by molar-refractivity contribution is 5.93. The van der Waals surface area contributed by atoms with Gasteiger partial charge in [0.1, 0.15) is 5.56 Å². The van der Waals surface area contributed by atoms with Crippen LogP contribution in [0.15, 0.2) is 18.2 Å². The van der Waals surface area contributed by atoms with Crippen LogP contribution in [0.25, 0.3) is 0 Å². The molecule has 1 heterocycles. The van der Waals surface area contributed by atoms with Crippen LogP contribution < -0.4 is 5.32 Å². The number of nitro benzene ring substituents is 1. The quantitative estimate of drug-likeness (QED) is 0.515. The molecule has 1 unspecified atom stereocenters. The molecule has 22 heavy (non-hydrogen) atoms. The molecule has 0 aliphatic carbocycles. The van der Waals surface area contributed by atoms with Gasteiger partial charge in [0.25, 0.3) is 5.69 Å². The zero-order chi connectivity index (χ0) is 15.4. The Kier molecular flexibility index (Phi) is 6.73. The van der Waals surface area contributed by atoms with Crippen molar-refractivity contribution in [1.82, 2.24) is 10.2 Å². The largest absolute Gasteiger partial charge is 0.465 e. The maximum Gasteiger partial charge on any atom is 0.344 e. The highest BCUT2D eigenvalue weighted by atomic mass is 35.5. The SMILES string of the molecule is COC(=O)c1ccc(C(C)N2CCNCC2)cc1[N+](=O)[O-].Cl. The minimum atomic E-state index is -0.692. The third-order valence-corrected chi connectivity index (χ3v) is 3.81. The van der Waals surface area contributed by atoms with Crippen molar-refractivity contribution in [2.45, 2.75) is 13.0 Å². The first-order valence-electron chi connectivity index (χ1n) is 6.86. The van der Waals surface area contributed by atoms with Crippen molar-refractivity contribution in [2.24, 2.45) is 0 Å². The van der Waals surface area contributed by atoms with Gasteiger partial charge in [0.15, 0.2) is 0 Å². The fraction of sp³-hybridized carbons (Fsp3) is 0.500. The number of piperazine rings is 1.